The van der Waals surface area contributed by atoms with Crippen molar-refractivity contribution in [2.75, 3.05) is 6.54 Å². The highest BCUT2D eigenvalue weighted by molar-refractivity contribution is 5.67. The van der Waals surface area contributed by atoms with Crippen LogP contribution in [0.25, 0.3) is 11.1 Å². The van der Waals surface area contributed by atoms with Gasteiger partial charge in [-0.1, -0.05) is 18.6 Å². The van der Waals surface area contributed by atoms with Crippen molar-refractivity contribution in [3.05, 3.63) is 36.2 Å². The van der Waals surface area contributed by atoms with Gasteiger partial charge in [0.25, 0.3) is 0 Å². The van der Waals surface area contributed by atoms with Crippen molar-refractivity contribution in [1.29, 1.82) is 0 Å². The molecule has 4 heteroatoms. The first kappa shape index (κ1) is 12.2. The zero-order valence-electron chi connectivity index (χ0n) is 11.1. The summed E-state index contributed by atoms with van der Waals surface area (Å²) in [7, 11) is 1.98. The minimum absolute atomic E-state index is 0.295. The third-order valence-corrected chi connectivity index (χ3v) is 3.78. The molecular formula is C15H19N3O. The van der Waals surface area contributed by atoms with Crippen molar-refractivity contribution in [3.8, 4) is 16.9 Å². The molecule has 2 aromatic rings. The van der Waals surface area contributed by atoms with E-state index >= 15 is 0 Å². The number of rotatable bonds is 2. The Balaban J connectivity index is 2.02. The van der Waals surface area contributed by atoms with Crippen LogP contribution in [0.15, 0.2) is 30.5 Å². The van der Waals surface area contributed by atoms with E-state index in [9.17, 15) is 5.11 Å². The first-order valence-corrected chi connectivity index (χ1v) is 6.80. The van der Waals surface area contributed by atoms with Gasteiger partial charge in [-0.05, 0) is 37.1 Å². The number of aromatic hydroxyl groups is 1. The van der Waals surface area contributed by atoms with E-state index in [2.05, 4.69) is 10.4 Å². The molecule has 2 N–H and O–H groups in total. The average molecular weight is 257 g/mol. The Morgan fingerprint density at radius 3 is 3.00 bits per heavy atom. The van der Waals surface area contributed by atoms with Crippen LogP contribution < -0.4 is 5.32 Å². The Morgan fingerprint density at radius 2 is 2.26 bits per heavy atom. The molecular weight excluding hydrogens is 238 g/mol. The minimum atomic E-state index is 0.295. The predicted molar refractivity (Wildman–Crippen MR) is 74.9 cm³/mol. The van der Waals surface area contributed by atoms with E-state index < -0.39 is 0 Å². The lowest BCUT2D eigenvalue weighted by Gasteiger charge is -2.25. The molecule has 1 aliphatic rings. The zero-order chi connectivity index (χ0) is 13.2. The van der Waals surface area contributed by atoms with Gasteiger partial charge in [0.05, 0.1) is 11.9 Å². The third kappa shape index (κ3) is 2.36. The van der Waals surface area contributed by atoms with Crippen molar-refractivity contribution in [3.63, 3.8) is 0 Å². The molecule has 0 bridgehead atoms. The van der Waals surface area contributed by atoms with Crippen molar-refractivity contribution in [2.45, 2.75) is 25.3 Å². The second kappa shape index (κ2) is 5.05. The van der Waals surface area contributed by atoms with E-state index in [0.29, 0.717) is 11.8 Å². The van der Waals surface area contributed by atoms with Crippen LogP contribution in [0.2, 0.25) is 0 Å². The second-order valence-electron chi connectivity index (χ2n) is 5.12. The number of piperidine rings is 1. The number of hydrogen-bond acceptors (Lipinski definition) is 3. The smallest absolute Gasteiger partial charge is 0.116 e. The molecule has 1 aromatic carbocycles. The van der Waals surface area contributed by atoms with Gasteiger partial charge < -0.3 is 10.4 Å². The molecule has 0 aliphatic carbocycles. The molecule has 19 heavy (non-hydrogen) atoms. The van der Waals surface area contributed by atoms with Crippen LogP contribution in [0.3, 0.4) is 0 Å². The maximum absolute atomic E-state index is 9.64. The number of nitrogens with one attached hydrogen (secondary N) is 1. The highest BCUT2D eigenvalue weighted by atomic mass is 16.3. The monoisotopic (exact) mass is 257 g/mol. The lowest BCUT2D eigenvalue weighted by molar-refractivity contribution is 0.394. The van der Waals surface area contributed by atoms with Gasteiger partial charge in [0.15, 0.2) is 0 Å². The Labute approximate surface area is 113 Å². The number of phenols is 1. The Hall–Kier alpha value is -1.81. The molecule has 2 heterocycles. The standard InChI is InChI=1S/C15H19N3O/c1-18-15(14-7-2-3-8-16-14)13(10-17-18)11-5-4-6-12(19)9-11/h4-6,9-10,14,16,19H,2-3,7-8H2,1H3. The Bertz CT molecular complexity index is 571. The molecule has 0 amide bonds. The van der Waals surface area contributed by atoms with Gasteiger partial charge in [0.1, 0.15) is 5.75 Å². The number of phenolic OH excluding ortho intramolecular Hbond substituents is 1. The van der Waals surface area contributed by atoms with E-state index in [1.165, 1.54) is 18.5 Å². The maximum Gasteiger partial charge on any atom is 0.116 e. The summed E-state index contributed by atoms with van der Waals surface area (Å²) in [6.07, 6.45) is 5.53. The van der Waals surface area contributed by atoms with Crippen molar-refractivity contribution < 1.29 is 5.11 Å². The molecule has 0 saturated carbocycles. The number of aryl methyl sites for hydroxylation is 1. The molecule has 1 fully saturated rings. The molecule has 1 saturated heterocycles. The summed E-state index contributed by atoms with van der Waals surface area (Å²) < 4.78 is 1.95. The van der Waals surface area contributed by atoms with E-state index in [4.69, 9.17) is 0 Å². The quantitative estimate of drug-likeness (QED) is 0.869. The van der Waals surface area contributed by atoms with Crippen LogP contribution in [0.5, 0.6) is 5.75 Å². The minimum Gasteiger partial charge on any atom is -0.508 e. The highest BCUT2D eigenvalue weighted by Crippen LogP contribution is 2.32. The molecule has 3 rings (SSSR count). The van der Waals surface area contributed by atoms with Gasteiger partial charge in [-0.15, -0.1) is 0 Å². The van der Waals surface area contributed by atoms with Crippen LogP contribution in [-0.4, -0.2) is 21.4 Å². The summed E-state index contributed by atoms with van der Waals surface area (Å²) in [5.74, 6) is 0.295. The van der Waals surface area contributed by atoms with Crippen molar-refractivity contribution >= 4 is 0 Å². The summed E-state index contributed by atoms with van der Waals surface area (Å²) in [4.78, 5) is 0. The lowest BCUT2D eigenvalue weighted by atomic mass is 9.96. The predicted octanol–water partition coefficient (Wildman–Crippen LogP) is 2.61. The number of nitrogens with zero attached hydrogens (tertiary/aromatic N) is 2. The van der Waals surface area contributed by atoms with Crippen molar-refractivity contribution in [1.82, 2.24) is 15.1 Å². The largest absolute Gasteiger partial charge is 0.508 e. The Morgan fingerprint density at radius 1 is 1.37 bits per heavy atom. The summed E-state index contributed by atoms with van der Waals surface area (Å²) in [5, 5.41) is 17.6. The van der Waals surface area contributed by atoms with Crippen LogP contribution in [0.1, 0.15) is 31.0 Å². The van der Waals surface area contributed by atoms with E-state index in [-0.39, 0.29) is 0 Å². The van der Waals surface area contributed by atoms with Crippen LogP contribution >= 0.6 is 0 Å². The highest BCUT2D eigenvalue weighted by Gasteiger charge is 2.22. The van der Waals surface area contributed by atoms with Gasteiger partial charge in [0, 0.05) is 18.7 Å². The van der Waals surface area contributed by atoms with Crippen molar-refractivity contribution in [2.24, 2.45) is 7.05 Å². The molecule has 0 spiro atoms. The molecule has 1 aliphatic heterocycles. The third-order valence-electron chi connectivity index (χ3n) is 3.78. The number of hydrogen-bond donors (Lipinski definition) is 2. The van der Waals surface area contributed by atoms with E-state index in [1.807, 2.05) is 30.1 Å². The maximum atomic E-state index is 9.64. The summed E-state index contributed by atoms with van der Waals surface area (Å²) >= 11 is 0. The molecule has 1 aromatic heterocycles. The second-order valence-corrected chi connectivity index (χ2v) is 5.12. The zero-order valence-corrected chi connectivity index (χ0v) is 11.1. The summed E-state index contributed by atoms with van der Waals surface area (Å²) in [5.41, 5.74) is 3.35. The fourth-order valence-electron chi connectivity index (χ4n) is 2.84. The van der Waals surface area contributed by atoms with Gasteiger partial charge in [-0.25, -0.2) is 0 Å². The van der Waals surface area contributed by atoms with Crippen LogP contribution in [0.4, 0.5) is 0 Å². The Kier molecular flexibility index (Phi) is 3.25. The van der Waals surface area contributed by atoms with Crippen LogP contribution in [-0.2, 0) is 7.05 Å². The van der Waals surface area contributed by atoms with Gasteiger partial charge in [-0.2, -0.15) is 5.10 Å². The fraction of sp³-hybridized carbons (Fsp3) is 0.400. The molecule has 1 unspecified atom stereocenters. The lowest BCUT2D eigenvalue weighted by Crippen LogP contribution is -2.28. The first-order valence-electron chi connectivity index (χ1n) is 6.80. The van der Waals surface area contributed by atoms with Gasteiger partial charge in [-0.3, -0.25) is 4.68 Å². The van der Waals surface area contributed by atoms with E-state index in [0.717, 1.165) is 24.1 Å². The molecule has 0 radical (unpaired) electrons. The van der Waals surface area contributed by atoms with E-state index in [1.54, 1.807) is 12.1 Å². The SMILES string of the molecule is Cn1ncc(-c2cccc(O)c2)c1C1CCCCN1. The topological polar surface area (TPSA) is 50.1 Å². The summed E-state index contributed by atoms with van der Waals surface area (Å²) in [6.45, 7) is 1.06. The number of aromatic nitrogens is 2. The van der Waals surface area contributed by atoms with Gasteiger partial charge >= 0.3 is 0 Å². The normalized spacial score (nSPS) is 19.5. The fourth-order valence-corrected chi connectivity index (χ4v) is 2.84. The molecule has 100 valence electrons. The number of benzene rings is 1. The van der Waals surface area contributed by atoms with Gasteiger partial charge in [0.2, 0.25) is 0 Å². The average Bonchev–Trinajstić information content (AvgIpc) is 2.82. The molecule has 1 atom stereocenters. The molecule has 4 nitrogen and oxygen atoms in total. The first-order chi connectivity index (χ1) is 9.25. The van der Waals surface area contributed by atoms with Crippen LogP contribution in [0, 0.1) is 0 Å². The summed E-state index contributed by atoms with van der Waals surface area (Å²) in [6, 6.07) is 7.74.